The number of nitro benzene ring substituents is 1. The van der Waals surface area contributed by atoms with E-state index in [1.807, 2.05) is 18.2 Å². The zero-order valence-electron chi connectivity index (χ0n) is 17.6. The predicted molar refractivity (Wildman–Crippen MR) is 124 cm³/mol. The molecule has 0 aliphatic heterocycles. The molecule has 3 aromatic carbocycles. The molecule has 0 aliphatic rings. The van der Waals surface area contributed by atoms with Gasteiger partial charge in [0, 0.05) is 23.4 Å². The first-order valence-corrected chi connectivity index (χ1v) is 10.1. The number of hydrogen-bond donors (Lipinski definition) is 1. The van der Waals surface area contributed by atoms with Gasteiger partial charge in [-0.15, -0.1) is 0 Å². The van der Waals surface area contributed by atoms with Crippen molar-refractivity contribution in [2.45, 2.75) is 6.61 Å². The maximum Gasteiger partial charge on any atom is 0.269 e. The second-order valence-corrected chi connectivity index (χ2v) is 7.08. The minimum atomic E-state index is -0.476. The van der Waals surface area contributed by atoms with Gasteiger partial charge in [-0.05, 0) is 29.8 Å². The number of carbonyl (C=O) groups is 1. The number of benzene rings is 3. The van der Waals surface area contributed by atoms with Crippen molar-refractivity contribution in [3.63, 3.8) is 0 Å². The molecule has 0 aromatic heterocycles. The quantitative estimate of drug-likeness (QED) is 0.258. The monoisotopic (exact) mass is 469 g/mol. The minimum absolute atomic E-state index is 0.0235. The number of nitrogens with zero attached hydrogens (tertiary/aromatic N) is 2. The van der Waals surface area contributed by atoms with Gasteiger partial charge in [-0.1, -0.05) is 47.1 Å². The fourth-order valence-corrected chi connectivity index (χ4v) is 3.05. The summed E-state index contributed by atoms with van der Waals surface area (Å²) in [7, 11) is 1.45. The van der Waals surface area contributed by atoms with Crippen molar-refractivity contribution in [2.75, 3.05) is 19.0 Å². The van der Waals surface area contributed by atoms with Crippen molar-refractivity contribution in [1.82, 2.24) is 0 Å². The molecule has 0 atom stereocenters. The van der Waals surface area contributed by atoms with Crippen molar-refractivity contribution in [1.29, 1.82) is 0 Å². The number of amides is 1. The molecule has 3 aromatic rings. The van der Waals surface area contributed by atoms with Gasteiger partial charge in [0.25, 0.3) is 11.6 Å². The van der Waals surface area contributed by atoms with Crippen molar-refractivity contribution in [3.8, 4) is 11.5 Å². The smallest absolute Gasteiger partial charge is 0.269 e. The van der Waals surface area contributed by atoms with E-state index in [0.717, 1.165) is 0 Å². The number of halogens is 1. The Balaban J connectivity index is 1.59. The van der Waals surface area contributed by atoms with Gasteiger partial charge in [0.2, 0.25) is 0 Å². The number of anilines is 1. The molecule has 9 nitrogen and oxygen atoms in total. The predicted octanol–water partition coefficient (Wildman–Crippen LogP) is 4.83. The molecular formula is C23H20ClN3O6. The van der Waals surface area contributed by atoms with Crippen LogP contribution in [-0.4, -0.2) is 30.8 Å². The van der Waals surface area contributed by atoms with E-state index in [2.05, 4.69) is 10.5 Å². The van der Waals surface area contributed by atoms with Crippen LogP contribution in [-0.2, 0) is 16.2 Å². The molecule has 33 heavy (non-hydrogen) atoms. The summed E-state index contributed by atoms with van der Waals surface area (Å²) in [6, 6.07) is 18.3. The normalized spacial score (nSPS) is 10.6. The summed E-state index contributed by atoms with van der Waals surface area (Å²) in [4.78, 5) is 27.7. The Hall–Kier alpha value is -4.11. The number of ether oxygens (including phenoxy) is 2. The van der Waals surface area contributed by atoms with E-state index >= 15 is 0 Å². The van der Waals surface area contributed by atoms with E-state index in [-0.39, 0.29) is 35.6 Å². The maximum atomic E-state index is 12.1. The highest BCUT2D eigenvalue weighted by molar-refractivity contribution is 6.32. The third-order valence-electron chi connectivity index (χ3n) is 4.29. The van der Waals surface area contributed by atoms with Crippen LogP contribution in [0.4, 0.5) is 11.4 Å². The van der Waals surface area contributed by atoms with E-state index in [9.17, 15) is 14.9 Å². The van der Waals surface area contributed by atoms with E-state index in [1.165, 1.54) is 25.5 Å². The van der Waals surface area contributed by atoms with Crippen LogP contribution in [0.2, 0.25) is 5.02 Å². The van der Waals surface area contributed by atoms with Gasteiger partial charge < -0.3 is 19.6 Å². The van der Waals surface area contributed by atoms with Crippen LogP contribution < -0.4 is 14.8 Å². The average molecular weight is 470 g/mol. The maximum absolute atomic E-state index is 12.1. The Morgan fingerprint density at radius 2 is 1.94 bits per heavy atom. The third-order valence-corrected chi connectivity index (χ3v) is 4.57. The standard InChI is InChI=1S/C23H20ClN3O6/c1-31-21-12-17(13-25-33-14-16-6-5-9-19(10-16)27(29)30)11-20(24)23(21)32-15-22(28)26-18-7-3-2-4-8-18/h2-13H,14-15H2,1H3,(H,26,28)/b25-13-. The average Bonchev–Trinajstić information content (AvgIpc) is 2.81. The summed E-state index contributed by atoms with van der Waals surface area (Å²) in [5, 5.41) is 17.6. The number of nitro groups is 1. The summed E-state index contributed by atoms with van der Waals surface area (Å²) in [5.41, 5.74) is 1.80. The molecule has 0 aliphatic carbocycles. The number of hydrogen-bond acceptors (Lipinski definition) is 7. The van der Waals surface area contributed by atoms with Crippen molar-refractivity contribution < 1.29 is 24.0 Å². The fraction of sp³-hybridized carbons (Fsp3) is 0.130. The van der Waals surface area contributed by atoms with Gasteiger partial charge in [0.15, 0.2) is 18.1 Å². The van der Waals surface area contributed by atoms with Gasteiger partial charge in [0.05, 0.1) is 23.3 Å². The van der Waals surface area contributed by atoms with Crippen molar-refractivity contribution >= 4 is 35.1 Å². The first-order chi connectivity index (χ1) is 16.0. The lowest BCUT2D eigenvalue weighted by Crippen LogP contribution is -2.20. The second kappa shape index (κ2) is 11.5. The van der Waals surface area contributed by atoms with Crippen LogP contribution in [0.5, 0.6) is 11.5 Å². The molecular weight excluding hydrogens is 450 g/mol. The zero-order valence-corrected chi connectivity index (χ0v) is 18.3. The molecule has 1 amide bonds. The Labute approximate surface area is 194 Å². The molecule has 3 rings (SSSR count). The van der Waals surface area contributed by atoms with E-state index in [0.29, 0.717) is 22.6 Å². The molecule has 1 N–H and O–H groups in total. The summed E-state index contributed by atoms with van der Waals surface area (Å²) in [5.74, 6) is 0.187. The fourth-order valence-electron chi connectivity index (χ4n) is 2.78. The molecule has 10 heteroatoms. The third kappa shape index (κ3) is 6.94. The van der Waals surface area contributed by atoms with Gasteiger partial charge in [-0.2, -0.15) is 0 Å². The Morgan fingerprint density at radius 1 is 1.15 bits per heavy atom. The lowest BCUT2D eigenvalue weighted by Gasteiger charge is -2.13. The Bertz CT molecular complexity index is 1150. The van der Waals surface area contributed by atoms with Crippen LogP contribution in [0.3, 0.4) is 0 Å². The summed E-state index contributed by atoms with van der Waals surface area (Å²) in [6.07, 6.45) is 1.41. The zero-order chi connectivity index (χ0) is 23.6. The lowest BCUT2D eigenvalue weighted by molar-refractivity contribution is -0.384. The number of para-hydroxylation sites is 1. The second-order valence-electron chi connectivity index (χ2n) is 6.67. The Morgan fingerprint density at radius 3 is 2.67 bits per heavy atom. The number of nitrogens with one attached hydrogen (secondary N) is 1. The molecule has 0 saturated carbocycles. The van der Waals surface area contributed by atoms with Crippen LogP contribution >= 0.6 is 11.6 Å². The van der Waals surface area contributed by atoms with Crippen molar-refractivity contribution in [2.24, 2.45) is 5.16 Å². The largest absolute Gasteiger partial charge is 0.493 e. The van der Waals surface area contributed by atoms with Gasteiger partial charge in [-0.3, -0.25) is 14.9 Å². The molecule has 0 fully saturated rings. The van der Waals surface area contributed by atoms with Crippen molar-refractivity contribution in [3.05, 3.63) is 93.0 Å². The lowest BCUT2D eigenvalue weighted by atomic mass is 10.2. The highest BCUT2D eigenvalue weighted by Crippen LogP contribution is 2.36. The summed E-state index contributed by atoms with van der Waals surface area (Å²) in [6.45, 7) is -0.203. The van der Waals surface area contributed by atoms with Crippen LogP contribution in [0.1, 0.15) is 11.1 Å². The topological polar surface area (TPSA) is 112 Å². The molecule has 0 bridgehead atoms. The molecule has 0 unspecified atom stereocenters. The first-order valence-electron chi connectivity index (χ1n) is 9.70. The van der Waals surface area contributed by atoms with E-state index < -0.39 is 4.92 Å². The van der Waals surface area contributed by atoms with Crippen LogP contribution in [0.15, 0.2) is 71.9 Å². The molecule has 170 valence electrons. The molecule has 0 heterocycles. The number of rotatable bonds is 10. The van der Waals surface area contributed by atoms with E-state index in [1.54, 1.807) is 36.4 Å². The molecule has 0 spiro atoms. The first kappa shape index (κ1) is 23.6. The van der Waals surface area contributed by atoms with Crippen LogP contribution in [0, 0.1) is 10.1 Å². The van der Waals surface area contributed by atoms with Gasteiger partial charge in [-0.25, -0.2) is 0 Å². The van der Waals surface area contributed by atoms with E-state index in [4.69, 9.17) is 25.9 Å². The number of methoxy groups -OCH3 is 1. The Kier molecular flexibility index (Phi) is 8.20. The van der Waals surface area contributed by atoms with Gasteiger partial charge >= 0.3 is 0 Å². The minimum Gasteiger partial charge on any atom is -0.493 e. The summed E-state index contributed by atoms with van der Waals surface area (Å²) >= 11 is 6.31. The molecule has 0 saturated heterocycles. The number of oxime groups is 1. The summed E-state index contributed by atoms with van der Waals surface area (Å²) < 4.78 is 10.9. The molecule has 0 radical (unpaired) electrons. The van der Waals surface area contributed by atoms with Gasteiger partial charge in [0.1, 0.15) is 6.61 Å². The highest BCUT2D eigenvalue weighted by Gasteiger charge is 2.14. The number of non-ortho nitro benzene ring substituents is 1. The SMILES string of the molecule is COc1cc(/C=N\OCc2cccc([N+](=O)[O-])c2)cc(Cl)c1OCC(=O)Nc1ccccc1. The number of carbonyl (C=O) groups excluding carboxylic acids is 1. The highest BCUT2D eigenvalue weighted by atomic mass is 35.5. The van der Waals surface area contributed by atoms with Crippen LogP contribution in [0.25, 0.3) is 0 Å².